The van der Waals surface area contributed by atoms with Crippen molar-refractivity contribution in [2.75, 3.05) is 6.54 Å². The Morgan fingerprint density at radius 3 is 2.70 bits per heavy atom. The molecule has 0 spiro atoms. The van der Waals surface area contributed by atoms with Crippen molar-refractivity contribution in [3.63, 3.8) is 0 Å². The summed E-state index contributed by atoms with van der Waals surface area (Å²) >= 11 is 6.07. The van der Waals surface area contributed by atoms with Crippen LogP contribution in [0.15, 0.2) is 79.5 Å². The Kier molecular flexibility index (Phi) is 6.09. The van der Waals surface area contributed by atoms with Crippen LogP contribution >= 0.6 is 11.6 Å². The molecule has 138 valence electrons. The zero-order valence-electron chi connectivity index (χ0n) is 14.8. The van der Waals surface area contributed by atoms with Gasteiger partial charge in [-0.3, -0.25) is 4.79 Å². The van der Waals surface area contributed by atoms with E-state index in [0.717, 1.165) is 11.3 Å². The molecule has 0 bridgehead atoms. The van der Waals surface area contributed by atoms with E-state index in [2.05, 4.69) is 11.1 Å². The van der Waals surface area contributed by atoms with Gasteiger partial charge in [0.15, 0.2) is 0 Å². The van der Waals surface area contributed by atoms with Gasteiger partial charge in [0, 0.05) is 30.0 Å². The first-order valence-electron chi connectivity index (χ1n) is 8.61. The molecule has 0 atom stereocenters. The monoisotopic (exact) mass is 382 g/mol. The first-order chi connectivity index (χ1) is 13.1. The van der Waals surface area contributed by atoms with E-state index in [1.54, 1.807) is 23.1 Å². The van der Waals surface area contributed by atoms with Crippen LogP contribution in [-0.2, 0) is 13.1 Å². The van der Waals surface area contributed by atoms with E-state index < -0.39 is 5.82 Å². The second kappa shape index (κ2) is 8.69. The van der Waals surface area contributed by atoms with Gasteiger partial charge >= 0.3 is 0 Å². The smallest absolute Gasteiger partial charge is 0.257 e. The quantitative estimate of drug-likeness (QED) is 0.518. The third-order valence-corrected chi connectivity index (χ3v) is 4.49. The Labute approximate surface area is 163 Å². The third kappa shape index (κ3) is 4.66. The summed E-state index contributed by atoms with van der Waals surface area (Å²) in [5.41, 5.74) is 2.07. The van der Waals surface area contributed by atoms with Crippen LogP contribution in [0.3, 0.4) is 0 Å². The largest absolute Gasteiger partial charge is 0.345 e. The lowest BCUT2D eigenvalue weighted by Gasteiger charge is -2.22. The summed E-state index contributed by atoms with van der Waals surface area (Å²) in [6, 6.07) is 17.6. The van der Waals surface area contributed by atoms with E-state index in [9.17, 15) is 9.18 Å². The van der Waals surface area contributed by atoms with Gasteiger partial charge in [0.25, 0.3) is 5.91 Å². The van der Waals surface area contributed by atoms with Gasteiger partial charge in [0.05, 0.1) is 12.1 Å². The lowest BCUT2D eigenvalue weighted by Crippen LogP contribution is -2.32. The highest BCUT2D eigenvalue weighted by Crippen LogP contribution is 2.17. The predicted octanol–water partition coefficient (Wildman–Crippen LogP) is 5.16. The molecule has 0 N–H and O–H groups in total. The Bertz CT molecular complexity index is 951. The molecule has 0 aliphatic rings. The molecule has 27 heavy (non-hydrogen) atoms. The molecule has 3 rings (SSSR count). The summed E-state index contributed by atoms with van der Waals surface area (Å²) in [6.07, 6.45) is 3.60. The van der Waals surface area contributed by atoms with Crippen LogP contribution in [-0.4, -0.2) is 21.9 Å². The van der Waals surface area contributed by atoms with Crippen molar-refractivity contribution in [1.82, 2.24) is 9.47 Å². The van der Waals surface area contributed by atoms with E-state index in [-0.39, 0.29) is 11.5 Å². The molecule has 0 unspecified atom stereocenters. The van der Waals surface area contributed by atoms with Gasteiger partial charge in [-0.25, -0.2) is 4.39 Å². The molecular weight excluding hydrogens is 363 g/mol. The number of hydrogen-bond acceptors (Lipinski definition) is 1. The van der Waals surface area contributed by atoms with Gasteiger partial charge in [0.1, 0.15) is 5.82 Å². The minimum Gasteiger partial charge on any atom is -0.345 e. The van der Waals surface area contributed by atoms with Crippen molar-refractivity contribution in [3.8, 4) is 0 Å². The number of hydrogen-bond donors (Lipinski definition) is 0. The summed E-state index contributed by atoms with van der Waals surface area (Å²) in [7, 11) is 0. The maximum atomic E-state index is 14.0. The summed E-state index contributed by atoms with van der Waals surface area (Å²) in [5, 5.41) is 0.684. The fraction of sp³-hybridized carbons (Fsp3) is 0.136. The van der Waals surface area contributed by atoms with Gasteiger partial charge in [-0.1, -0.05) is 41.9 Å². The highest BCUT2D eigenvalue weighted by molar-refractivity contribution is 6.30. The Morgan fingerprint density at radius 1 is 1.15 bits per heavy atom. The van der Waals surface area contributed by atoms with Crippen LogP contribution in [0.2, 0.25) is 5.02 Å². The molecule has 1 aromatic heterocycles. The predicted molar refractivity (Wildman–Crippen MR) is 106 cm³/mol. The van der Waals surface area contributed by atoms with E-state index >= 15 is 0 Å². The second-order valence-corrected chi connectivity index (χ2v) is 6.65. The number of aromatic nitrogens is 1. The molecule has 3 nitrogen and oxygen atoms in total. The number of amides is 1. The van der Waals surface area contributed by atoms with Gasteiger partial charge in [0.2, 0.25) is 0 Å². The normalized spacial score (nSPS) is 10.6. The van der Waals surface area contributed by atoms with Crippen molar-refractivity contribution in [3.05, 3.63) is 107 Å². The summed E-state index contributed by atoms with van der Waals surface area (Å²) in [6.45, 7) is 5.04. The van der Waals surface area contributed by atoms with Gasteiger partial charge in [-0.2, -0.15) is 0 Å². The molecule has 3 aromatic rings. The molecule has 0 aliphatic heterocycles. The van der Waals surface area contributed by atoms with Crippen molar-refractivity contribution >= 4 is 17.5 Å². The number of halogens is 2. The molecular formula is C22H20ClFN2O. The van der Waals surface area contributed by atoms with Gasteiger partial charge < -0.3 is 9.47 Å². The number of benzene rings is 2. The first kappa shape index (κ1) is 18.9. The SMILES string of the molecule is C=CCN(Cc1cccn1Cc1cccc(Cl)c1)C(=O)c1ccccc1F. The molecule has 1 amide bonds. The number of nitrogens with zero attached hydrogens (tertiary/aromatic N) is 2. The van der Waals surface area contributed by atoms with Gasteiger partial charge in [-0.05, 0) is 42.0 Å². The fourth-order valence-corrected chi connectivity index (χ4v) is 3.17. The molecule has 0 fully saturated rings. The molecule has 1 heterocycles. The van der Waals surface area contributed by atoms with Crippen LogP contribution in [0.1, 0.15) is 21.6 Å². The van der Waals surface area contributed by atoms with E-state index in [0.29, 0.717) is 24.7 Å². The molecule has 0 saturated heterocycles. The Morgan fingerprint density at radius 2 is 1.96 bits per heavy atom. The summed E-state index contributed by atoms with van der Waals surface area (Å²) in [4.78, 5) is 14.4. The number of carbonyl (C=O) groups excluding carboxylic acids is 1. The fourth-order valence-electron chi connectivity index (χ4n) is 2.95. The van der Waals surface area contributed by atoms with Crippen molar-refractivity contribution in [1.29, 1.82) is 0 Å². The van der Waals surface area contributed by atoms with Crippen LogP contribution in [0.5, 0.6) is 0 Å². The van der Waals surface area contributed by atoms with Crippen LogP contribution in [0, 0.1) is 5.82 Å². The second-order valence-electron chi connectivity index (χ2n) is 6.21. The van der Waals surface area contributed by atoms with Crippen molar-refractivity contribution < 1.29 is 9.18 Å². The number of carbonyl (C=O) groups is 1. The molecule has 0 aliphatic carbocycles. The first-order valence-corrected chi connectivity index (χ1v) is 8.99. The lowest BCUT2D eigenvalue weighted by atomic mass is 10.1. The Balaban J connectivity index is 1.82. The van der Waals surface area contributed by atoms with Crippen molar-refractivity contribution in [2.45, 2.75) is 13.1 Å². The van der Waals surface area contributed by atoms with E-state index in [1.165, 1.54) is 12.1 Å². The molecule has 5 heteroatoms. The van der Waals surface area contributed by atoms with Crippen LogP contribution < -0.4 is 0 Å². The van der Waals surface area contributed by atoms with E-state index in [1.807, 2.05) is 42.6 Å². The maximum absolute atomic E-state index is 14.0. The molecule has 0 radical (unpaired) electrons. The standard InChI is InChI=1S/C22H20ClFN2O/c1-2-12-26(22(27)20-10-3-4-11-21(20)24)16-19-9-6-13-25(19)15-17-7-5-8-18(23)14-17/h2-11,13-14H,1,12,15-16H2. The topological polar surface area (TPSA) is 25.2 Å². The average Bonchev–Trinajstić information content (AvgIpc) is 3.08. The maximum Gasteiger partial charge on any atom is 0.257 e. The minimum atomic E-state index is -0.522. The van der Waals surface area contributed by atoms with Gasteiger partial charge in [-0.15, -0.1) is 6.58 Å². The summed E-state index contributed by atoms with van der Waals surface area (Å²) in [5.74, 6) is -0.880. The zero-order chi connectivity index (χ0) is 19.2. The number of rotatable bonds is 7. The minimum absolute atomic E-state index is 0.0623. The lowest BCUT2D eigenvalue weighted by molar-refractivity contribution is 0.0754. The van der Waals surface area contributed by atoms with Crippen molar-refractivity contribution in [2.24, 2.45) is 0 Å². The highest BCUT2D eigenvalue weighted by atomic mass is 35.5. The highest BCUT2D eigenvalue weighted by Gasteiger charge is 2.19. The molecule has 2 aromatic carbocycles. The summed E-state index contributed by atoms with van der Waals surface area (Å²) < 4.78 is 16.1. The third-order valence-electron chi connectivity index (χ3n) is 4.26. The average molecular weight is 383 g/mol. The zero-order valence-corrected chi connectivity index (χ0v) is 15.6. The molecule has 0 saturated carbocycles. The Hall–Kier alpha value is -2.85. The van der Waals surface area contributed by atoms with Crippen LogP contribution in [0.4, 0.5) is 4.39 Å². The van der Waals surface area contributed by atoms with E-state index in [4.69, 9.17) is 11.6 Å². The van der Waals surface area contributed by atoms with Crippen LogP contribution in [0.25, 0.3) is 0 Å².